The highest BCUT2D eigenvalue weighted by Crippen LogP contribution is 2.33. The first-order chi connectivity index (χ1) is 9.60. The average molecular weight is 268 g/mol. The van der Waals surface area contributed by atoms with E-state index in [4.69, 9.17) is 6.57 Å². The van der Waals surface area contributed by atoms with Gasteiger partial charge in [-0.3, -0.25) is 0 Å². The molecule has 20 heavy (non-hydrogen) atoms. The van der Waals surface area contributed by atoms with E-state index in [9.17, 15) is 14.6 Å². The van der Waals surface area contributed by atoms with Crippen LogP contribution < -0.4 is 0 Å². The predicted octanol–water partition coefficient (Wildman–Crippen LogP) is 3.73. The van der Waals surface area contributed by atoms with Gasteiger partial charge in [-0.25, -0.2) is 9.24 Å². The second-order valence-corrected chi connectivity index (χ2v) is 4.33. The van der Waals surface area contributed by atoms with Crippen molar-refractivity contribution in [3.8, 4) is 17.2 Å². The molecule has 5 heteroatoms. The zero-order chi connectivity index (χ0) is 14.3. The largest absolute Gasteiger partial charge is 0.509 e. The first-order valence-electron chi connectivity index (χ1n) is 5.80. The fourth-order valence-electron chi connectivity index (χ4n) is 2.14. The highest BCUT2D eigenvalue weighted by molar-refractivity contribution is 5.91. The molecule has 3 aromatic rings. The van der Waals surface area contributed by atoms with Gasteiger partial charge in [-0.15, -0.1) is 0 Å². The summed E-state index contributed by atoms with van der Waals surface area (Å²) in [6.45, 7) is 7.02. The summed E-state index contributed by atoms with van der Waals surface area (Å²) in [5.41, 5.74) is 1.40. The number of fused-ring (bicyclic) bond motifs is 1. The molecule has 0 atom stereocenters. The summed E-state index contributed by atoms with van der Waals surface area (Å²) in [6, 6.07) is 8.69. The summed E-state index contributed by atoms with van der Waals surface area (Å²) in [4.78, 5) is 3.29. The maximum Gasteiger partial charge on any atom is 0.192 e. The number of phenolic OH excluding ortho intramolecular Hbond substituents is 2. The van der Waals surface area contributed by atoms with Crippen molar-refractivity contribution in [2.45, 2.75) is 0 Å². The molecule has 0 amide bonds. The lowest BCUT2D eigenvalue weighted by Crippen LogP contribution is -1.92. The standard InChI is InChI=1S/C15H9FN2O2/c1-17-9-6-13-11(15(20)7-9)4-5-18(13)10-2-3-14(19)12(16)8-10/h2-8,19-20H. The molecule has 98 valence electrons. The molecular formula is C15H9FN2O2. The number of rotatable bonds is 1. The first kappa shape index (κ1) is 12.1. The van der Waals surface area contributed by atoms with Gasteiger partial charge >= 0.3 is 0 Å². The molecule has 2 aromatic carbocycles. The number of hydrogen-bond donors (Lipinski definition) is 2. The molecule has 0 aliphatic heterocycles. The van der Waals surface area contributed by atoms with Crippen LogP contribution >= 0.6 is 0 Å². The van der Waals surface area contributed by atoms with Crippen molar-refractivity contribution in [1.29, 1.82) is 0 Å². The zero-order valence-electron chi connectivity index (χ0n) is 10.2. The van der Waals surface area contributed by atoms with Gasteiger partial charge < -0.3 is 14.8 Å². The lowest BCUT2D eigenvalue weighted by atomic mass is 10.2. The van der Waals surface area contributed by atoms with Crippen molar-refractivity contribution in [1.82, 2.24) is 4.57 Å². The molecule has 0 saturated carbocycles. The molecular weight excluding hydrogens is 259 g/mol. The smallest absolute Gasteiger partial charge is 0.192 e. The minimum atomic E-state index is -0.727. The van der Waals surface area contributed by atoms with Crippen LogP contribution in [0.3, 0.4) is 0 Å². The summed E-state index contributed by atoms with van der Waals surface area (Å²) >= 11 is 0. The van der Waals surface area contributed by atoms with Gasteiger partial charge in [0.05, 0.1) is 6.57 Å². The van der Waals surface area contributed by atoms with Gasteiger partial charge in [-0.1, -0.05) is 0 Å². The summed E-state index contributed by atoms with van der Waals surface area (Å²) in [5, 5.41) is 19.7. The van der Waals surface area contributed by atoms with E-state index in [-0.39, 0.29) is 5.75 Å². The molecule has 0 aliphatic rings. The Hall–Kier alpha value is -3.00. The van der Waals surface area contributed by atoms with E-state index < -0.39 is 11.6 Å². The van der Waals surface area contributed by atoms with Gasteiger partial charge in [0.15, 0.2) is 17.3 Å². The summed E-state index contributed by atoms with van der Waals surface area (Å²) in [7, 11) is 0. The van der Waals surface area contributed by atoms with Crippen LogP contribution in [0.15, 0.2) is 42.6 Å². The first-order valence-corrected chi connectivity index (χ1v) is 5.80. The van der Waals surface area contributed by atoms with Crippen LogP contribution in [0.5, 0.6) is 11.5 Å². The molecule has 0 bridgehead atoms. The predicted molar refractivity (Wildman–Crippen MR) is 72.8 cm³/mol. The number of hydrogen-bond acceptors (Lipinski definition) is 2. The Bertz CT molecular complexity index is 862. The molecule has 0 aliphatic carbocycles. The summed E-state index contributed by atoms with van der Waals surface area (Å²) < 4.78 is 15.1. The van der Waals surface area contributed by atoms with Crippen molar-refractivity contribution in [3.05, 3.63) is 59.8 Å². The molecule has 2 N–H and O–H groups in total. The minimum absolute atomic E-state index is 0.00602. The maximum atomic E-state index is 13.4. The minimum Gasteiger partial charge on any atom is -0.509 e. The Morgan fingerprint density at radius 1 is 1.05 bits per heavy atom. The molecule has 0 saturated heterocycles. The zero-order valence-corrected chi connectivity index (χ0v) is 10.2. The molecule has 0 unspecified atom stereocenters. The monoisotopic (exact) mass is 268 g/mol. The van der Waals surface area contributed by atoms with Crippen LogP contribution in [-0.2, 0) is 0 Å². The van der Waals surface area contributed by atoms with Crippen LogP contribution in [0.1, 0.15) is 0 Å². The molecule has 4 nitrogen and oxygen atoms in total. The Kier molecular flexibility index (Phi) is 2.58. The van der Waals surface area contributed by atoms with Crippen LogP contribution in [0.25, 0.3) is 21.4 Å². The van der Waals surface area contributed by atoms with E-state index in [2.05, 4.69) is 4.85 Å². The number of nitrogens with zero attached hydrogens (tertiary/aromatic N) is 2. The van der Waals surface area contributed by atoms with Crippen molar-refractivity contribution >= 4 is 16.6 Å². The third kappa shape index (κ3) is 1.75. The number of aromatic hydroxyl groups is 2. The van der Waals surface area contributed by atoms with Gasteiger partial charge in [0.2, 0.25) is 0 Å². The number of halogens is 1. The van der Waals surface area contributed by atoms with E-state index >= 15 is 0 Å². The molecule has 0 fully saturated rings. The van der Waals surface area contributed by atoms with Crippen LogP contribution in [0, 0.1) is 12.4 Å². The summed E-state index contributed by atoms with van der Waals surface area (Å²) in [5.74, 6) is -1.14. The molecule has 0 spiro atoms. The second-order valence-electron chi connectivity index (χ2n) is 4.33. The Morgan fingerprint density at radius 2 is 1.85 bits per heavy atom. The van der Waals surface area contributed by atoms with E-state index in [1.54, 1.807) is 29.0 Å². The second kappa shape index (κ2) is 4.28. The highest BCUT2D eigenvalue weighted by Gasteiger charge is 2.10. The van der Waals surface area contributed by atoms with E-state index in [1.807, 2.05) is 0 Å². The van der Waals surface area contributed by atoms with Crippen LogP contribution in [0.4, 0.5) is 10.1 Å². The Morgan fingerprint density at radius 3 is 2.55 bits per heavy atom. The fraction of sp³-hybridized carbons (Fsp3) is 0. The van der Waals surface area contributed by atoms with E-state index in [0.717, 1.165) is 0 Å². The summed E-state index contributed by atoms with van der Waals surface area (Å²) in [6.07, 6.45) is 1.67. The van der Waals surface area contributed by atoms with Crippen molar-refractivity contribution in [2.24, 2.45) is 0 Å². The molecule has 1 heterocycles. The van der Waals surface area contributed by atoms with Crippen LogP contribution in [0.2, 0.25) is 0 Å². The van der Waals surface area contributed by atoms with E-state index in [0.29, 0.717) is 22.3 Å². The Labute approximate surface area is 113 Å². The highest BCUT2D eigenvalue weighted by atomic mass is 19.1. The lowest BCUT2D eigenvalue weighted by Gasteiger charge is -2.07. The van der Waals surface area contributed by atoms with Gasteiger partial charge in [0, 0.05) is 28.9 Å². The third-order valence-electron chi connectivity index (χ3n) is 3.11. The maximum absolute atomic E-state index is 13.4. The lowest BCUT2D eigenvalue weighted by molar-refractivity contribution is 0.432. The topological polar surface area (TPSA) is 49.8 Å². The van der Waals surface area contributed by atoms with Gasteiger partial charge in [0.1, 0.15) is 5.75 Å². The molecule has 1 aromatic heterocycles. The molecule has 0 radical (unpaired) electrons. The fourth-order valence-corrected chi connectivity index (χ4v) is 2.14. The van der Waals surface area contributed by atoms with Crippen LogP contribution in [-0.4, -0.2) is 14.8 Å². The number of aromatic nitrogens is 1. The number of phenols is 2. The average Bonchev–Trinajstić information content (AvgIpc) is 2.86. The SMILES string of the molecule is [C-]#[N+]c1cc(O)c2ccn(-c3ccc(O)c(F)c3)c2c1. The van der Waals surface area contributed by atoms with E-state index in [1.165, 1.54) is 18.2 Å². The normalized spacial score (nSPS) is 10.6. The molecule has 3 rings (SSSR count). The third-order valence-corrected chi connectivity index (χ3v) is 3.11. The van der Waals surface area contributed by atoms with Gasteiger partial charge in [0.25, 0.3) is 0 Å². The van der Waals surface area contributed by atoms with Crippen molar-refractivity contribution in [3.63, 3.8) is 0 Å². The number of benzene rings is 2. The Balaban J connectivity index is 2.29. The van der Waals surface area contributed by atoms with Crippen molar-refractivity contribution < 1.29 is 14.6 Å². The van der Waals surface area contributed by atoms with Gasteiger partial charge in [-0.2, -0.15) is 0 Å². The quantitative estimate of drug-likeness (QED) is 0.661. The van der Waals surface area contributed by atoms with Crippen molar-refractivity contribution in [2.75, 3.05) is 0 Å². The van der Waals surface area contributed by atoms with Gasteiger partial charge in [-0.05, 0) is 30.3 Å².